The molecule has 0 saturated heterocycles. The molecule has 2 heteroatoms. The number of halogens is 2. The van der Waals surface area contributed by atoms with Gasteiger partial charge in [0.2, 0.25) is 0 Å². The van der Waals surface area contributed by atoms with Gasteiger partial charge in [0.1, 0.15) is 0 Å². The highest BCUT2D eigenvalue weighted by Crippen LogP contribution is 2.39. The molecule has 1 rings (SSSR count). The first-order chi connectivity index (χ1) is 2.80. The number of hydrogen-bond donors (Lipinski definition) is 0. The largest absolute Gasteiger partial charge is 0.0762 e. The monoisotopic (exact) mass is 212 g/mol. The van der Waals surface area contributed by atoms with Crippen LogP contribution in [-0.2, 0) is 0 Å². The molecule has 1 saturated carbocycles. The summed E-state index contributed by atoms with van der Waals surface area (Å²) in [6, 6.07) is 0. The van der Waals surface area contributed by atoms with E-state index in [1.165, 1.54) is 12.8 Å². The van der Waals surface area contributed by atoms with Crippen LogP contribution in [0.3, 0.4) is 0 Å². The molecule has 0 heterocycles. The van der Waals surface area contributed by atoms with E-state index in [9.17, 15) is 0 Å². The Balaban J connectivity index is 2.13. The number of hydrogen-bond acceptors (Lipinski definition) is 0. The van der Waals surface area contributed by atoms with E-state index in [0.29, 0.717) is 3.74 Å². The normalized spacial score (nSPS) is 22.5. The predicted molar refractivity (Wildman–Crippen MR) is 34.4 cm³/mol. The molecule has 0 spiro atoms. The summed E-state index contributed by atoms with van der Waals surface area (Å²) in [5.74, 6) is 0.935. The molecule has 0 radical (unpaired) electrons. The van der Waals surface area contributed by atoms with Crippen molar-refractivity contribution in [3.63, 3.8) is 0 Å². The van der Waals surface area contributed by atoms with Gasteiger partial charge in [0.25, 0.3) is 0 Å². The Kier molecular flexibility index (Phi) is 1.55. The maximum Gasteiger partial charge on any atom is 0.0726 e. The fourth-order valence-corrected chi connectivity index (χ4v) is 1.41. The van der Waals surface area contributed by atoms with E-state index in [4.69, 9.17) is 0 Å². The van der Waals surface area contributed by atoms with E-state index in [-0.39, 0.29) is 0 Å². The Morgan fingerprint density at radius 1 is 1.33 bits per heavy atom. The highest BCUT2D eigenvalue weighted by Gasteiger charge is 2.26. The molecular formula is C4H6Br2. The smallest absolute Gasteiger partial charge is 0.0726 e. The van der Waals surface area contributed by atoms with Crippen LogP contribution in [0.15, 0.2) is 0 Å². The predicted octanol–water partition coefficient (Wildman–Crippen LogP) is 2.51. The fraction of sp³-hybridized carbons (Fsp3) is 1.00. The molecular weight excluding hydrogens is 208 g/mol. The molecule has 36 valence electrons. The molecule has 0 aromatic carbocycles. The van der Waals surface area contributed by atoms with Gasteiger partial charge in [-0.1, -0.05) is 31.9 Å². The average molecular weight is 214 g/mol. The lowest BCUT2D eigenvalue weighted by Crippen LogP contribution is -1.82. The van der Waals surface area contributed by atoms with Crippen LogP contribution in [0.5, 0.6) is 0 Å². The van der Waals surface area contributed by atoms with E-state index in [2.05, 4.69) is 31.9 Å². The summed E-state index contributed by atoms with van der Waals surface area (Å²) in [4.78, 5) is 0. The van der Waals surface area contributed by atoms with Gasteiger partial charge in [-0.3, -0.25) is 0 Å². The summed E-state index contributed by atoms with van der Waals surface area (Å²) < 4.78 is 0.588. The molecule has 0 bridgehead atoms. The van der Waals surface area contributed by atoms with Crippen LogP contribution in [0.1, 0.15) is 12.8 Å². The molecule has 0 aromatic heterocycles. The highest BCUT2D eigenvalue weighted by atomic mass is 79.9. The Labute approximate surface area is 54.6 Å². The van der Waals surface area contributed by atoms with Crippen LogP contribution in [0.25, 0.3) is 0 Å². The zero-order valence-electron chi connectivity index (χ0n) is 3.32. The van der Waals surface area contributed by atoms with Crippen molar-refractivity contribution in [2.24, 2.45) is 5.92 Å². The minimum Gasteiger partial charge on any atom is -0.0762 e. The summed E-state index contributed by atoms with van der Waals surface area (Å²) >= 11 is 6.84. The van der Waals surface area contributed by atoms with Crippen molar-refractivity contribution in [1.29, 1.82) is 0 Å². The minimum absolute atomic E-state index is 0.588. The molecule has 0 atom stereocenters. The number of rotatable bonds is 1. The summed E-state index contributed by atoms with van der Waals surface area (Å²) in [5.41, 5.74) is 0. The Hall–Kier alpha value is 0.960. The third kappa shape index (κ3) is 1.23. The molecule has 0 aromatic rings. The standard InChI is InChI=1S/C4H6Br2/c5-4(6)3-1-2-3/h3-4H,1-2H2. The van der Waals surface area contributed by atoms with Gasteiger partial charge in [0.15, 0.2) is 0 Å². The lowest BCUT2D eigenvalue weighted by Gasteiger charge is -1.89. The van der Waals surface area contributed by atoms with Crippen molar-refractivity contribution in [2.45, 2.75) is 16.6 Å². The van der Waals surface area contributed by atoms with Crippen molar-refractivity contribution in [1.82, 2.24) is 0 Å². The molecule has 1 aliphatic carbocycles. The zero-order chi connectivity index (χ0) is 4.57. The molecule has 0 amide bonds. The molecule has 1 aliphatic rings. The van der Waals surface area contributed by atoms with Crippen LogP contribution in [0.2, 0.25) is 0 Å². The lowest BCUT2D eigenvalue weighted by atomic mass is 10.5. The minimum atomic E-state index is 0.588. The molecule has 0 nitrogen and oxygen atoms in total. The third-order valence-electron chi connectivity index (χ3n) is 0.978. The molecule has 0 unspecified atom stereocenters. The summed E-state index contributed by atoms with van der Waals surface area (Å²) in [5, 5.41) is 0. The third-order valence-corrected chi connectivity index (χ3v) is 2.47. The van der Waals surface area contributed by atoms with Crippen LogP contribution in [-0.4, -0.2) is 3.74 Å². The van der Waals surface area contributed by atoms with Crippen molar-refractivity contribution in [2.75, 3.05) is 0 Å². The summed E-state index contributed by atoms with van der Waals surface area (Å²) in [6.45, 7) is 0. The topological polar surface area (TPSA) is 0 Å². The van der Waals surface area contributed by atoms with Crippen molar-refractivity contribution < 1.29 is 0 Å². The van der Waals surface area contributed by atoms with Crippen LogP contribution in [0.4, 0.5) is 0 Å². The van der Waals surface area contributed by atoms with Gasteiger partial charge < -0.3 is 0 Å². The van der Waals surface area contributed by atoms with E-state index in [1.54, 1.807) is 0 Å². The van der Waals surface area contributed by atoms with E-state index in [0.717, 1.165) is 5.92 Å². The first-order valence-electron chi connectivity index (χ1n) is 2.09. The second kappa shape index (κ2) is 1.83. The van der Waals surface area contributed by atoms with Gasteiger partial charge in [-0.15, -0.1) is 0 Å². The Morgan fingerprint density at radius 3 is 1.83 bits per heavy atom. The van der Waals surface area contributed by atoms with Gasteiger partial charge in [-0.25, -0.2) is 0 Å². The second-order valence-electron chi connectivity index (χ2n) is 1.67. The van der Waals surface area contributed by atoms with Crippen LogP contribution in [0, 0.1) is 5.92 Å². The SMILES string of the molecule is BrC(Br)C1CC1. The van der Waals surface area contributed by atoms with Gasteiger partial charge in [0.05, 0.1) is 3.74 Å². The van der Waals surface area contributed by atoms with Gasteiger partial charge >= 0.3 is 0 Å². The van der Waals surface area contributed by atoms with E-state index in [1.807, 2.05) is 0 Å². The first kappa shape index (κ1) is 5.10. The van der Waals surface area contributed by atoms with E-state index < -0.39 is 0 Å². The number of alkyl halides is 2. The van der Waals surface area contributed by atoms with Crippen LogP contribution >= 0.6 is 31.9 Å². The van der Waals surface area contributed by atoms with Crippen molar-refractivity contribution in [3.8, 4) is 0 Å². The zero-order valence-corrected chi connectivity index (χ0v) is 6.50. The van der Waals surface area contributed by atoms with E-state index >= 15 is 0 Å². The highest BCUT2D eigenvalue weighted by molar-refractivity contribution is 9.24. The Morgan fingerprint density at radius 2 is 1.83 bits per heavy atom. The van der Waals surface area contributed by atoms with Crippen molar-refractivity contribution >= 4 is 31.9 Å². The lowest BCUT2D eigenvalue weighted by molar-refractivity contribution is 0.977. The van der Waals surface area contributed by atoms with Gasteiger partial charge in [0, 0.05) is 0 Å². The second-order valence-corrected chi connectivity index (χ2v) is 4.87. The van der Waals surface area contributed by atoms with Crippen LogP contribution < -0.4 is 0 Å². The van der Waals surface area contributed by atoms with Gasteiger partial charge in [-0.2, -0.15) is 0 Å². The van der Waals surface area contributed by atoms with Crippen molar-refractivity contribution in [3.05, 3.63) is 0 Å². The molecule has 0 N–H and O–H groups in total. The summed E-state index contributed by atoms with van der Waals surface area (Å²) in [6.07, 6.45) is 2.81. The van der Waals surface area contributed by atoms with Gasteiger partial charge in [-0.05, 0) is 18.8 Å². The maximum atomic E-state index is 3.42. The first-order valence-corrected chi connectivity index (χ1v) is 3.92. The summed E-state index contributed by atoms with van der Waals surface area (Å²) in [7, 11) is 0. The molecule has 6 heavy (non-hydrogen) atoms. The molecule has 1 fully saturated rings. The molecule has 0 aliphatic heterocycles. The quantitative estimate of drug-likeness (QED) is 0.588. The average Bonchev–Trinajstić information content (AvgIpc) is 2.06. The Bertz CT molecular complexity index is 47.5. The fourth-order valence-electron chi connectivity index (χ4n) is 0.348. The maximum absolute atomic E-state index is 3.42.